The number of amides is 1. The number of aromatic nitrogens is 1. The fourth-order valence-corrected chi connectivity index (χ4v) is 3.06. The number of nitrogens with one attached hydrogen (secondary N) is 1. The molecule has 0 saturated carbocycles. The molecule has 0 aliphatic carbocycles. The first-order valence-corrected chi connectivity index (χ1v) is 9.14. The number of hydrogen-bond acceptors (Lipinski definition) is 5. The molecule has 26 heavy (non-hydrogen) atoms. The Morgan fingerprint density at radius 1 is 1.12 bits per heavy atom. The number of benzene rings is 2. The zero-order chi connectivity index (χ0) is 18.4. The summed E-state index contributed by atoms with van der Waals surface area (Å²) in [7, 11) is 1.60. The van der Waals surface area contributed by atoms with Gasteiger partial charge < -0.3 is 14.8 Å². The van der Waals surface area contributed by atoms with E-state index < -0.39 is 0 Å². The Hall–Kier alpha value is -2.57. The zero-order valence-electron chi connectivity index (χ0n) is 14.1. The van der Waals surface area contributed by atoms with Crippen molar-refractivity contribution in [2.75, 3.05) is 13.7 Å². The van der Waals surface area contributed by atoms with E-state index in [1.54, 1.807) is 31.4 Å². The molecule has 1 N–H and O–H groups in total. The lowest BCUT2D eigenvalue weighted by molar-refractivity contribution is -0.123. The first-order chi connectivity index (χ1) is 12.6. The molecule has 1 amide bonds. The van der Waals surface area contributed by atoms with E-state index in [-0.39, 0.29) is 12.5 Å². The summed E-state index contributed by atoms with van der Waals surface area (Å²) in [5.41, 5.74) is 1.86. The van der Waals surface area contributed by atoms with Gasteiger partial charge in [0, 0.05) is 16.0 Å². The Labute approximate surface area is 160 Å². The van der Waals surface area contributed by atoms with Gasteiger partial charge in [-0.1, -0.05) is 23.7 Å². The summed E-state index contributed by atoms with van der Waals surface area (Å²) >= 11 is 7.39. The Kier molecular flexibility index (Phi) is 6.09. The summed E-state index contributed by atoms with van der Waals surface area (Å²) in [5.74, 6) is 1.14. The molecule has 1 aromatic heterocycles. The molecule has 2 aromatic carbocycles. The molecule has 0 aliphatic heterocycles. The van der Waals surface area contributed by atoms with Crippen LogP contribution in [0.5, 0.6) is 11.5 Å². The Morgan fingerprint density at radius 2 is 1.81 bits per heavy atom. The molecule has 3 aromatic rings. The monoisotopic (exact) mass is 388 g/mol. The highest BCUT2D eigenvalue weighted by molar-refractivity contribution is 7.09. The minimum atomic E-state index is -0.205. The van der Waals surface area contributed by atoms with Crippen LogP contribution in [-0.2, 0) is 11.3 Å². The normalized spacial score (nSPS) is 10.4. The molecule has 0 atom stereocenters. The van der Waals surface area contributed by atoms with Crippen molar-refractivity contribution in [2.45, 2.75) is 6.54 Å². The molecular weight excluding hydrogens is 372 g/mol. The highest BCUT2D eigenvalue weighted by atomic mass is 35.5. The van der Waals surface area contributed by atoms with Crippen LogP contribution in [0.4, 0.5) is 0 Å². The quantitative estimate of drug-likeness (QED) is 0.660. The molecule has 0 fully saturated rings. The molecular formula is C19H17ClN2O3S. The lowest BCUT2D eigenvalue weighted by Gasteiger charge is -2.07. The van der Waals surface area contributed by atoms with E-state index in [1.165, 1.54) is 11.3 Å². The third kappa shape index (κ3) is 4.97. The SMILES string of the molecule is COc1ccc(OCC(=O)NCc2nc(-c3ccc(Cl)cc3)cs2)cc1. The molecule has 0 aliphatic rings. The number of thiazole rings is 1. The number of ether oxygens (including phenoxy) is 2. The maximum Gasteiger partial charge on any atom is 0.258 e. The van der Waals surface area contributed by atoms with E-state index in [1.807, 2.05) is 29.6 Å². The second kappa shape index (κ2) is 8.69. The van der Waals surface area contributed by atoms with Crippen LogP contribution in [0.25, 0.3) is 11.3 Å². The molecule has 3 rings (SSSR count). The molecule has 5 nitrogen and oxygen atoms in total. The van der Waals surface area contributed by atoms with Gasteiger partial charge in [0.05, 0.1) is 19.3 Å². The van der Waals surface area contributed by atoms with Crippen molar-refractivity contribution >= 4 is 28.8 Å². The van der Waals surface area contributed by atoms with Crippen molar-refractivity contribution in [1.29, 1.82) is 0 Å². The van der Waals surface area contributed by atoms with E-state index in [9.17, 15) is 4.79 Å². The molecule has 0 radical (unpaired) electrons. The number of methoxy groups -OCH3 is 1. The number of nitrogens with zero attached hydrogens (tertiary/aromatic N) is 1. The lowest BCUT2D eigenvalue weighted by Crippen LogP contribution is -2.28. The minimum Gasteiger partial charge on any atom is -0.497 e. The van der Waals surface area contributed by atoms with E-state index in [0.717, 1.165) is 22.0 Å². The fourth-order valence-electron chi connectivity index (χ4n) is 2.19. The van der Waals surface area contributed by atoms with Gasteiger partial charge in [-0.15, -0.1) is 11.3 Å². The van der Waals surface area contributed by atoms with Crippen molar-refractivity contribution in [3.05, 3.63) is 63.9 Å². The second-order valence-corrected chi connectivity index (χ2v) is 6.75. The summed E-state index contributed by atoms with van der Waals surface area (Å²) in [4.78, 5) is 16.5. The summed E-state index contributed by atoms with van der Waals surface area (Å²) in [6, 6.07) is 14.6. The summed E-state index contributed by atoms with van der Waals surface area (Å²) in [6.45, 7) is 0.310. The van der Waals surface area contributed by atoms with Crippen LogP contribution in [0.3, 0.4) is 0 Å². The molecule has 134 valence electrons. The first-order valence-electron chi connectivity index (χ1n) is 7.88. The Balaban J connectivity index is 1.47. The van der Waals surface area contributed by atoms with Crippen LogP contribution in [0, 0.1) is 0 Å². The highest BCUT2D eigenvalue weighted by Gasteiger charge is 2.07. The Morgan fingerprint density at radius 3 is 2.50 bits per heavy atom. The summed E-state index contributed by atoms with van der Waals surface area (Å²) in [5, 5.41) is 6.28. The maximum atomic E-state index is 11.9. The van der Waals surface area contributed by atoms with Crippen molar-refractivity contribution in [1.82, 2.24) is 10.3 Å². The number of carbonyl (C=O) groups is 1. The largest absolute Gasteiger partial charge is 0.497 e. The predicted octanol–water partition coefficient (Wildman–Crippen LogP) is 4.17. The van der Waals surface area contributed by atoms with E-state index in [2.05, 4.69) is 10.3 Å². The van der Waals surface area contributed by atoms with Gasteiger partial charge in [-0.3, -0.25) is 4.79 Å². The average Bonchev–Trinajstić information content (AvgIpc) is 3.14. The lowest BCUT2D eigenvalue weighted by atomic mass is 10.2. The molecule has 0 bridgehead atoms. The number of hydrogen-bond donors (Lipinski definition) is 1. The van der Waals surface area contributed by atoms with Crippen LogP contribution in [-0.4, -0.2) is 24.6 Å². The van der Waals surface area contributed by atoms with Gasteiger partial charge in [-0.05, 0) is 36.4 Å². The zero-order valence-corrected chi connectivity index (χ0v) is 15.6. The number of carbonyl (C=O) groups excluding carboxylic acids is 1. The molecule has 7 heteroatoms. The predicted molar refractivity (Wildman–Crippen MR) is 103 cm³/mol. The first kappa shape index (κ1) is 18.2. The van der Waals surface area contributed by atoms with Gasteiger partial charge in [-0.2, -0.15) is 0 Å². The highest BCUT2D eigenvalue weighted by Crippen LogP contribution is 2.23. The van der Waals surface area contributed by atoms with Crippen LogP contribution in [0.2, 0.25) is 5.02 Å². The minimum absolute atomic E-state index is 0.0538. The number of rotatable bonds is 7. The standard InChI is InChI=1S/C19H17ClN2O3S/c1-24-15-6-8-16(9-7-15)25-11-18(23)21-10-19-22-17(12-26-19)13-2-4-14(20)5-3-13/h2-9,12H,10-11H2,1H3,(H,21,23). The molecule has 0 saturated heterocycles. The van der Waals surface area contributed by atoms with Gasteiger partial charge >= 0.3 is 0 Å². The van der Waals surface area contributed by atoms with Crippen molar-refractivity contribution < 1.29 is 14.3 Å². The Bertz CT molecular complexity index is 863. The molecule has 0 unspecified atom stereocenters. The second-order valence-electron chi connectivity index (χ2n) is 5.37. The van der Waals surface area contributed by atoms with Gasteiger partial charge in [0.25, 0.3) is 5.91 Å². The third-order valence-corrected chi connectivity index (χ3v) is 4.66. The maximum absolute atomic E-state index is 11.9. The van der Waals surface area contributed by atoms with Crippen molar-refractivity contribution in [2.24, 2.45) is 0 Å². The van der Waals surface area contributed by atoms with E-state index in [0.29, 0.717) is 17.3 Å². The third-order valence-electron chi connectivity index (χ3n) is 3.56. The van der Waals surface area contributed by atoms with Crippen molar-refractivity contribution in [3.8, 4) is 22.8 Å². The average molecular weight is 389 g/mol. The topological polar surface area (TPSA) is 60.5 Å². The number of halogens is 1. The van der Waals surface area contributed by atoms with E-state index >= 15 is 0 Å². The van der Waals surface area contributed by atoms with Gasteiger partial charge in [0.2, 0.25) is 0 Å². The van der Waals surface area contributed by atoms with Gasteiger partial charge in [0.1, 0.15) is 16.5 Å². The molecule has 0 spiro atoms. The smallest absolute Gasteiger partial charge is 0.258 e. The van der Waals surface area contributed by atoms with Crippen molar-refractivity contribution in [3.63, 3.8) is 0 Å². The fraction of sp³-hybridized carbons (Fsp3) is 0.158. The molecule has 1 heterocycles. The van der Waals surface area contributed by atoms with Crippen LogP contribution in [0.1, 0.15) is 5.01 Å². The van der Waals surface area contributed by atoms with Crippen LogP contribution < -0.4 is 14.8 Å². The summed E-state index contributed by atoms with van der Waals surface area (Å²) in [6.07, 6.45) is 0. The van der Waals surface area contributed by atoms with E-state index in [4.69, 9.17) is 21.1 Å². The summed E-state index contributed by atoms with van der Waals surface area (Å²) < 4.78 is 10.5. The van der Waals surface area contributed by atoms with Crippen LogP contribution >= 0.6 is 22.9 Å². The van der Waals surface area contributed by atoms with Gasteiger partial charge in [0.15, 0.2) is 6.61 Å². The van der Waals surface area contributed by atoms with Crippen LogP contribution in [0.15, 0.2) is 53.9 Å². The van der Waals surface area contributed by atoms with Gasteiger partial charge in [-0.25, -0.2) is 4.98 Å².